The molecule has 6 heteroatoms. The first-order valence-corrected chi connectivity index (χ1v) is 8.66. The fourth-order valence-corrected chi connectivity index (χ4v) is 2.40. The van der Waals surface area contributed by atoms with Gasteiger partial charge in [0.05, 0.1) is 12.7 Å². The molecule has 0 N–H and O–H groups in total. The highest BCUT2D eigenvalue weighted by Gasteiger charge is 2.22. The van der Waals surface area contributed by atoms with Gasteiger partial charge in [0.15, 0.2) is 5.75 Å². The van der Waals surface area contributed by atoms with E-state index >= 15 is 0 Å². The summed E-state index contributed by atoms with van der Waals surface area (Å²) in [6.45, 7) is 7.30. The number of carbonyl (C=O) groups is 1. The summed E-state index contributed by atoms with van der Waals surface area (Å²) in [5, 5.41) is 0.400. The fraction of sp³-hybridized carbons (Fsp3) is 0.400. The number of hydrogen-bond donors (Lipinski definition) is 0. The molecule has 0 aliphatic heterocycles. The van der Waals surface area contributed by atoms with Gasteiger partial charge in [0.2, 0.25) is 5.75 Å². The zero-order valence-electron chi connectivity index (χ0n) is 15.5. The molecule has 1 aromatic heterocycles. The van der Waals surface area contributed by atoms with Gasteiger partial charge in [-0.15, -0.1) is 0 Å². The Bertz CT molecular complexity index is 847. The number of hydrogen-bond acceptors (Lipinski definition) is 6. The number of ether oxygens (including phenoxy) is 3. The summed E-state index contributed by atoms with van der Waals surface area (Å²) in [6, 6.07) is 4.87. The van der Waals surface area contributed by atoms with Crippen LogP contribution in [0.15, 0.2) is 39.6 Å². The lowest BCUT2D eigenvalue weighted by Gasteiger charge is -2.16. The second-order valence-electron chi connectivity index (χ2n) is 5.95. The van der Waals surface area contributed by atoms with Crippen LogP contribution in [0.2, 0.25) is 0 Å². The van der Waals surface area contributed by atoms with Gasteiger partial charge >= 0.3 is 11.6 Å². The molecular weight excluding hydrogens is 336 g/mol. The summed E-state index contributed by atoms with van der Waals surface area (Å²) in [7, 11) is 0. The predicted molar refractivity (Wildman–Crippen MR) is 99.1 cm³/mol. The smallest absolute Gasteiger partial charge is 0.383 e. The van der Waals surface area contributed by atoms with Crippen LogP contribution in [0.25, 0.3) is 11.0 Å². The lowest BCUT2D eigenvalue weighted by Crippen LogP contribution is -2.16. The third-order valence-electron chi connectivity index (χ3n) is 3.35. The van der Waals surface area contributed by atoms with Crippen molar-refractivity contribution in [1.82, 2.24) is 0 Å². The molecule has 1 heterocycles. The van der Waals surface area contributed by atoms with Gasteiger partial charge in [0.1, 0.15) is 16.7 Å². The SMILES string of the molecule is CCC=CCCOc1c(OC(C)C)c(=O)oc2cccc(OC(C)=O)c12. The van der Waals surface area contributed by atoms with Gasteiger partial charge in [-0.25, -0.2) is 4.79 Å². The average molecular weight is 360 g/mol. The summed E-state index contributed by atoms with van der Waals surface area (Å²) in [5.74, 6) is -0.0171. The predicted octanol–water partition coefficient (Wildman–Crippen LogP) is 4.24. The lowest BCUT2D eigenvalue weighted by molar-refractivity contribution is -0.131. The van der Waals surface area contributed by atoms with E-state index in [9.17, 15) is 9.59 Å². The van der Waals surface area contributed by atoms with Crippen LogP contribution >= 0.6 is 0 Å². The number of allylic oxidation sites excluding steroid dienone is 1. The van der Waals surface area contributed by atoms with Crippen LogP contribution in [-0.2, 0) is 4.79 Å². The van der Waals surface area contributed by atoms with E-state index in [-0.39, 0.29) is 28.9 Å². The highest BCUT2D eigenvalue weighted by Crippen LogP contribution is 2.39. The third kappa shape index (κ3) is 4.88. The van der Waals surface area contributed by atoms with E-state index in [1.807, 2.05) is 19.1 Å². The highest BCUT2D eigenvalue weighted by molar-refractivity contribution is 5.93. The lowest BCUT2D eigenvalue weighted by atomic mass is 10.2. The van der Waals surface area contributed by atoms with E-state index in [0.29, 0.717) is 18.4 Å². The molecule has 2 rings (SSSR count). The minimum Gasteiger partial charge on any atom is -0.488 e. The van der Waals surface area contributed by atoms with Crippen molar-refractivity contribution in [3.05, 3.63) is 40.8 Å². The van der Waals surface area contributed by atoms with E-state index < -0.39 is 11.6 Å². The molecule has 0 aliphatic rings. The van der Waals surface area contributed by atoms with Gasteiger partial charge in [-0.05, 0) is 38.8 Å². The molecule has 0 saturated carbocycles. The van der Waals surface area contributed by atoms with Crippen LogP contribution in [0.1, 0.15) is 40.5 Å². The van der Waals surface area contributed by atoms with E-state index in [4.69, 9.17) is 18.6 Å². The van der Waals surface area contributed by atoms with Crippen LogP contribution in [-0.4, -0.2) is 18.7 Å². The minimum atomic E-state index is -0.634. The van der Waals surface area contributed by atoms with Gasteiger partial charge in [-0.3, -0.25) is 4.79 Å². The molecule has 0 amide bonds. The Labute approximate surface area is 152 Å². The number of rotatable bonds is 8. The summed E-state index contributed by atoms with van der Waals surface area (Å²) in [4.78, 5) is 23.8. The Hall–Kier alpha value is -2.76. The van der Waals surface area contributed by atoms with Crippen LogP contribution in [0.4, 0.5) is 0 Å². The Balaban J connectivity index is 2.57. The van der Waals surface area contributed by atoms with Crippen molar-refractivity contribution in [2.45, 2.75) is 46.6 Å². The first kappa shape index (κ1) is 19.6. The third-order valence-corrected chi connectivity index (χ3v) is 3.35. The highest BCUT2D eigenvalue weighted by atomic mass is 16.5. The van der Waals surface area contributed by atoms with Crippen LogP contribution in [0.5, 0.6) is 17.2 Å². The number of carbonyl (C=O) groups excluding carboxylic acids is 1. The van der Waals surface area contributed by atoms with Gasteiger partial charge < -0.3 is 18.6 Å². The molecule has 0 saturated heterocycles. The molecule has 0 aliphatic carbocycles. The van der Waals surface area contributed by atoms with E-state index in [0.717, 1.165) is 6.42 Å². The fourth-order valence-electron chi connectivity index (χ4n) is 2.40. The van der Waals surface area contributed by atoms with Gasteiger partial charge in [-0.2, -0.15) is 0 Å². The maximum atomic E-state index is 12.4. The standard InChI is InChI=1S/C20H24O6/c1-5-6-7-8-12-23-18-17-15(25-14(4)21)10-9-11-16(17)26-20(22)19(18)24-13(2)3/h6-7,9-11,13H,5,8,12H2,1-4H3. The van der Waals surface area contributed by atoms with Crippen LogP contribution in [0, 0.1) is 0 Å². The van der Waals surface area contributed by atoms with E-state index in [2.05, 4.69) is 0 Å². The van der Waals surface area contributed by atoms with Crippen molar-refractivity contribution in [2.24, 2.45) is 0 Å². The van der Waals surface area contributed by atoms with Crippen molar-refractivity contribution >= 4 is 16.9 Å². The minimum absolute atomic E-state index is 0.0217. The molecule has 0 radical (unpaired) electrons. The largest absolute Gasteiger partial charge is 0.488 e. The number of fused-ring (bicyclic) bond motifs is 1. The Morgan fingerprint density at radius 1 is 1.23 bits per heavy atom. The first-order chi connectivity index (χ1) is 12.4. The molecule has 2 aromatic rings. The zero-order chi connectivity index (χ0) is 19.1. The molecule has 1 aromatic carbocycles. The Kier molecular flexibility index (Phi) is 6.83. The van der Waals surface area contributed by atoms with E-state index in [1.165, 1.54) is 6.92 Å². The van der Waals surface area contributed by atoms with Crippen molar-refractivity contribution < 1.29 is 23.4 Å². The number of benzene rings is 1. The maximum Gasteiger partial charge on any atom is 0.383 e. The van der Waals surface area contributed by atoms with E-state index in [1.54, 1.807) is 32.0 Å². The van der Waals surface area contributed by atoms with Crippen molar-refractivity contribution in [2.75, 3.05) is 6.61 Å². The van der Waals surface area contributed by atoms with Gasteiger partial charge in [-0.1, -0.05) is 25.1 Å². The summed E-state index contributed by atoms with van der Waals surface area (Å²) in [6.07, 6.45) is 5.40. The number of esters is 1. The van der Waals surface area contributed by atoms with Gasteiger partial charge in [0.25, 0.3) is 0 Å². The molecule has 6 nitrogen and oxygen atoms in total. The molecule has 0 atom stereocenters. The van der Waals surface area contributed by atoms with Crippen LogP contribution < -0.4 is 19.8 Å². The topological polar surface area (TPSA) is 75.0 Å². The molecular formula is C20H24O6. The quantitative estimate of drug-likeness (QED) is 0.230. The Morgan fingerprint density at radius 3 is 2.65 bits per heavy atom. The molecule has 140 valence electrons. The molecule has 0 unspecified atom stereocenters. The molecule has 0 bridgehead atoms. The van der Waals surface area contributed by atoms with Crippen LogP contribution in [0.3, 0.4) is 0 Å². The van der Waals surface area contributed by atoms with Crippen molar-refractivity contribution in [3.63, 3.8) is 0 Å². The maximum absolute atomic E-state index is 12.4. The summed E-state index contributed by atoms with van der Waals surface area (Å²) < 4.78 is 22.1. The van der Waals surface area contributed by atoms with Crippen molar-refractivity contribution in [3.8, 4) is 17.2 Å². The monoisotopic (exact) mass is 360 g/mol. The normalized spacial score (nSPS) is 11.3. The zero-order valence-corrected chi connectivity index (χ0v) is 15.5. The Morgan fingerprint density at radius 2 is 2.00 bits per heavy atom. The summed E-state index contributed by atoms with van der Waals surface area (Å²) >= 11 is 0. The summed E-state index contributed by atoms with van der Waals surface area (Å²) in [5.41, 5.74) is -0.366. The molecule has 26 heavy (non-hydrogen) atoms. The second-order valence-corrected chi connectivity index (χ2v) is 5.95. The van der Waals surface area contributed by atoms with Crippen molar-refractivity contribution in [1.29, 1.82) is 0 Å². The molecule has 0 fully saturated rings. The second kappa shape index (κ2) is 9.08. The first-order valence-electron chi connectivity index (χ1n) is 8.66. The molecule has 0 spiro atoms. The average Bonchev–Trinajstić information content (AvgIpc) is 2.56. The van der Waals surface area contributed by atoms with Gasteiger partial charge in [0, 0.05) is 6.92 Å².